The van der Waals surface area contributed by atoms with Crippen LogP contribution in [0, 0.1) is 3.57 Å². The molecule has 0 heterocycles. The molecule has 0 aliphatic heterocycles. The number of phenols is 1. The Morgan fingerprint density at radius 2 is 1.95 bits per heavy atom. The van der Waals surface area contributed by atoms with Gasteiger partial charge in [0.1, 0.15) is 5.75 Å². The number of benzene rings is 2. The first-order valence-electron chi connectivity index (χ1n) is 5.62. The molecular formula is C14H13IN2O2. The standard InChI is InChI=1S/C14H13IN2O2/c1-17(12-5-3-2-4-11(12)16)14(19)10-8-9(15)6-7-13(10)18/h2-8,18H,16H2,1H3. The van der Waals surface area contributed by atoms with Crippen LogP contribution >= 0.6 is 22.6 Å². The van der Waals surface area contributed by atoms with Crippen molar-refractivity contribution in [2.24, 2.45) is 0 Å². The third kappa shape index (κ3) is 2.81. The molecule has 19 heavy (non-hydrogen) atoms. The molecule has 0 saturated heterocycles. The van der Waals surface area contributed by atoms with Gasteiger partial charge in [-0.15, -0.1) is 0 Å². The Morgan fingerprint density at radius 1 is 1.26 bits per heavy atom. The maximum Gasteiger partial charge on any atom is 0.261 e. The molecule has 0 aromatic heterocycles. The summed E-state index contributed by atoms with van der Waals surface area (Å²) in [5, 5.41) is 9.79. The highest BCUT2D eigenvalue weighted by Crippen LogP contribution is 2.26. The van der Waals surface area contributed by atoms with E-state index in [1.165, 1.54) is 11.0 Å². The third-order valence-electron chi connectivity index (χ3n) is 2.79. The van der Waals surface area contributed by atoms with Gasteiger partial charge >= 0.3 is 0 Å². The number of hydrogen-bond acceptors (Lipinski definition) is 3. The second kappa shape index (κ2) is 5.48. The number of halogens is 1. The van der Waals surface area contributed by atoms with Crippen LogP contribution in [0.3, 0.4) is 0 Å². The zero-order valence-electron chi connectivity index (χ0n) is 10.3. The molecule has 4 nitrogen and oxygen atoms in total. The van der Waals surface area contributed by atoms with Gasteiger partial charge < -0.3 is 15.7 Å². The maximum absolute atomic E-state index is 12.4. The molecule has 3 N–H and O–H groups in total. The molecule has 0 radical (unpaired) electrons. The van der Waals surface area contributed by atoms with Gasteiger partial charge in [0.25, 0.3) is 5.91 Å². The first kappa shape index (κ1) is 13.7. The average Bonchev–Trinajstić information content (AvgIpc) is 2.40. The molecule has 1 amide bonds. The smallest absolute Gasteiger partial charge is 0.261 e. The number of carbonyl (C=O) groups is 1. The van der Waals surface area contributed by atoms with Crippen LogP contribution in [0.4, 0.5) is 11.4 Å². The average molecular weight is 368 g/mol. The lowest BCUT2D eigenvalue weighted by Gasteiger charge is -2.19. The number of para-hydroxylation sites is 2. The van der Waals surface area contributed by atoms with Gasteiger partial charge in [-0.1, -0.05) is 12.1 Å². The lowest BCUT2D eigenvalue weighted by molar-refractivity contribution is 0.0990. The van der Waals surface area contributed by atoms with E-state index < -0.39 is 0 Å². The Kier molecular flexibility index (Phi) is 3.94. The maximum atomic E-state index is 12.4. The molecule has 0 aliphatic carbocycles. The predicted octanol–water partition coefficient (Wildman–Crippen LogP) is 2.86. The summed E-state index contributed by atoms with van der Waals surface area (Å²) in [6.07, 6.45) is 0. The lowest BCUT2D eigenvalue weighted by atomic mass is 10.1. The summed E-state index contributed by atoms with van der Waals surface area (Å²) in [7, 11) is 1.63. The van der Waals surface area contributed by atoms with E-state index in [0.717, 1.165) is 3.57 Å². The molecule has 98 valence electrons. The Hall–Kier alpha value is -1.76. The topological polar surface area (TPSA) is 66.6 Å². The number of nitrogen functional groups attached to an aromatic ring is 1. The van der Waals surface area contributed by atoms with Crippen LogP contribution in [0.2, 0.25) is 0 Å². The van der Waals surface area contributed by atoms with E-state index in [2.05, 4.69) is 22.6 Å². The van der Waals surface area contributed by atoms with Gasteiger partial charge in [-0.05, 0) is 52.9 Å². The van der Waals surface area contributed by atoms with Gasteiger partial charge in [0, 0.05) is 10.6 Å². The Bertz CT molecular complexity index is 629. The van der Waals surface area contributed by atoms with E-state index in [0.29, 0.717) is 11.4 Å². The first-order chi connectivity index (χ1) is 9.00. The molecule has 0 fully saturated rings. The van der Waals surface area contributed by atoms with Crippen molar-refractivity contribution in [3.63, 3.8) is 0 Å². The van der Waals surface area contributed by atoms with Gasteiger partial charge in [-0.3, -0.25) is 4.79 Å². The molecule has 0 atom stereocenters. The molecule has 0 saturated carbocycles. The fourth-order valence-corrected chi connectivity index (χ4v) is 2.25. The van der Waals surface area contributed by atoms with Crippen molar-refractivity contribution in [2.45, 2.75) is 0 Å². The minimum absolute atomic E-state index is 0.0354. The monoisotopic (exact) mass is 368 g/mol. The first-order valence-corrected chi connectivity index (χ1v) is 6.69. The normalized spacial score (nSPS) is 10.2. The molecule has 2 aromatic carbocycles. The van der Waals surface area contributed by atoms with Crippen LogP contribution in [0.5, 0.6) is 5.75 Å². The highest BCUT2D eigenvalue weighted by atomic mass is 127. The van der Waals surface area contributed by atoms with Crippen molar-refractivity contribution in [2.75, 3.05) is 17.7 Å². The van der Waals surface area contributed by atoms with Crippen molar-refractivity contribution < 1.29 is 9.90 Å². The van der Waals surface area contributed by atoms with Crippen LogP contribution in [-0.4, -0.2) is 18.1 Å². The van der Waals surface area contributed by atoms with Crippen LogP contribution in [-0.2, 0) is 0 Å². The van der Waals surface area contributed by atoms with E-state index >= 15 is 0 Å². The van der Waals surface area contributed by atoms with E-state index in [-0.39, 0.29) is 17.2 Å². The molecule has 2 rings (SSSR count). The van der Waals surface area contributed by atoms with Crippen molar-refractivity contribution >= 4 is 39.9 Å². The second-order valence-corrected chi connectivity index (χ2v) is 5.33. The van der Waals surface area contributed by atoms with Crippen molar-refractivity contribution in [1.29, 1.82) is 0 Å². The van der Waals surface area contributed by atoms with E-state index in [9.17, 15) is 9.90 Å². The van der Waals surface area contributed by atoms with Gasteiger partial charge in [-0.25, -0.2) is 0 Å². The summed E-state index contributed by atoms with van der Waals surface area (Å²) in [4.78, 5) is 13.8. The highest BCUT2D eigenvalue weighted by Gasteiger charge is 2.18. The predicted molar refractivity (Wildman–Crippen MR) is 84.4 cm³/mol. The Labute approximate surface area is 125 Å². The fourth-order valence-electron chi connectivity index (χ4n) is 1.76. The SMILES string of the molecule is CN(C(=O)c1cc(I)ccc1O)c1ccccc1N. The largest absolute Gasteiger partial charge is 0.507 e. The van der Waals surface area contributed by atoms with Crippen molar-refractivity contribution in [3.05, 3.63) is 51.6 Å². The van der Waals surface area contributed by atoms with E-state index in [1.807, 2.05) is 6.07 Å². The summed E-state index contributed by atoms with van der Waals surface area (Å²) < 4.78 is 0.883. The number of rotatable bonds is 2. The number of hydrogen-bond donors (Lipinski definition) is 2. The summed E-state index contributed by atoms with van der Waals surface area (Å²) in [6.45, 7) is 0. The molecule has 0 unspecified atom stereocenters. The molecule has 0 bridgehead atoms. The minimum Gasteiger partial charge on any atom is -0.507 e. The second-order valence-electron chi connectivity index (χ2n) is 4.08. The quantitative estimate of drug-likeness (QED) is 0.633. The van der Waals surface area contributed by atoms with Gasteiger partial charge in [-0.2, -0.15) is 0 Å². The highest BCUT2D eigenvalue weighted by molar-refractivity contribution is 14.1. The summed E-state index contributed by atoms with van der Waals surface area (Å²) in [5.41, 5.74) is 7.24. The lowest BCUT2D eigenvalue weighted by Crippen LogP contribution is -2.27. The van der Waals surface area contributed by atoms with Crippen molar-refractivity contribution in [1.82, 2.24) is 0 Å². The third-order valence-corrected chi connectivity index (χ3v) is 3.46. The van der Waals surface area contributed by atoms with Crippen LogP contribution < -0.4 is 10.6 Å². The number of nitrogens with zero attached hydrogens (tertiary/aromatic N) is 1. The Balaban J connectivity index is 2.39. The summed E-state index contributed by atoms with van der Waals surface area (Å²) >= 11 is 2.09. The van der Waals surface area contributed by atoms with Crippen LogP contribution in [0.15, 0.2) is 42.5 Å². The number of amides is 1. The van der Waals surface area contributed by atoms with Gasteiger partial charge in [0.2, 0.25) is 0 Å². The van der Waals surface area contributed by atoms with Crippen LogP contribution in [0.1, 0.15) is 10.4 Å². The van der Waals surface area contributed by atoms with Crippen molar-refractivity contribution in [3.8, 4) is 5.75 Å². The number of phenolic OH excluding ortho intramolecular Hbond substituents is 1. The zero-order chi connectivity index (χ0) is 14.0. The molecule has 0 spiro atoms. The minimum atomic E-state index is -0.297. The molecule has 0 aliphatic rings. The Morgan fingerprint density at radius 3 is 2.63 bits per heavy atom. The number of carbonyl (C=O) groups excluding carboxylic acids is 1. The summed E-state index contributed by atoms with van der Waals surface area (Å²) in [5.74, 6) is -0.333. The summed E-state index contributed by atoms with van der Waals surface area (Å²) in [6, 6.07) is 12.0. The fraction of sp³-hybridized carbons (Fsp3) is 0.0714. The molecule has 2 aromatic rings. The zero-order valence-corrected chi connectivity index (χ0v) is 12.5. The van der Waals surface area contributed by atoms with E-state index in [4.69, 9.17) is 5.73 Å². The number of anilines is 2. The molecular weight excluding hydrogens is 355 g/mol. The number of aromatic hydroxyl groups is 1. The molecule has 5 heteroatoms. The van der Waals surface area contributed by atoms with Gasteiger partial charge in [0.15, 0.2) is 0 Å². The van der Waals surface area contributed by atoms with Crippen LogP contribution in [0.25, 0.3) is 0 Å². The van der Waals surface area contributed by atoms with E-state index in [1.54, 1.807) is 37.4 Å². The van der Waals surface area contributed by atoms with Gasteiger partial charge in [0.05, 0.1) is 16.9 Å². The number of nitrogens with two attached hydrogens (primary N) is 1.